The Balaban J connectivity index is 1.55. The molecule has 8 heteroatoms. The molecule has 1 fully saturated rings. The van der Waals surface area contributed by atoms with Gasteiger partial charge in [0.1, 0.15) is 4.88 Å². The summed E-state index contributed by atoms with van der Waals surface area (Å²) in [6.07, 6.45) is 4.17. The Morgan fingerprint density at radius 3 is 2.64 bits per heavy atom. The summed E-state index contributed by atoms with van der Waals surface area (Å²) in [7, 11) is 0. The highest BCUT2D eigenvalue weighted by Crippen LogP contribution is 2.34. The third kappa shape index (κ3) is 6.71. The van der Waals surface area contributed by atoms with Gasteiger partial charge < -0.3 is 15.1 Å². The van der Waals surface area contributed by atoms with Crippen molar-refractivity contribution in [1.29, 1.82) is 0 Å². The van der Waals surface area contributed by atoms with E-state index in [1.807, 2.05) is 37.3 Å². The van der Waals surface area contributed by atoms with E-state index >= 15 is 0 Å². The van der Waals surface area contributed by atoms with Crippen LogP contribution in [0.3, 0.4) is 0 Å². The average Bonchev–Trinajstić information content (AvgIpc) is 3.35. The summed E-state index contributed by atoms with van der Waals surface area (Å²) in [6, 6.07) is 12.4. The molecule has 1 aliphatic heterocycles. The van der Waals surface area contributed by atoms with Gasteiger partial charge in [-0.25, -0.2) is 4.79 Å². The number of carboxylic acid groups (broad SMARTS) is 1. The minimum absolute atomic E-state index is 0.0604. The number of aliphatic hydroxyl groups excluding tert-OH is 1. The summed E-state index contributed by atoms with van der Waals surface area (Å²) in [6.45, 7) is 2.06. The third-order valence-electron chi connectivity index (χ3n) is 5.98. The van der Waals surface area contributed by atoms with E-state index in [1.165, 1.54) is 28.7 Å². The van der Waals surface area contributed by atoms with Crippen LogP contribution in [-0.2, 0) is 17.6 Å². The Hall–Kier alpha value is -2.58. The predicted molar refractivity (Wildman–Crippen MR) is 124 cm³/mol. The number of carbonyl (C=O) groups is 2. The standard InChI is InChI=1S/C25H29F2NO4S/c1-17(9-10-18-6-3-2-4-7-18)21(29)13-11-19-16-25(26,27)24(32)28(19)15-5-8-20-12-14-22(33-20)23(30)31/h2-4,6-7,11-14,17,19,21,29H,5,8-10,15-16H2,1H3,(H,30,31)/t17-,19?,21-/m0/s1. The molecule has 5 nitrogen and oxygen atoms in total. The van der Waals surface area contributed by atoms with Crippen LogP contribution in [0.1, 0.15) is 46.3 Å². The van der Waals surface area contributed by atoms with Crippen LogP contribution in [0, 0.1) is 5.92 Å². The van der Waals surface area contributed by atoms with Crippen LogP contribution in [0.25, 0.3) is 0 Å². The van der Waals surface area contributed by atoms with E-state index in [4.69, 9.17) is 5.11 Å². The van der Waals surface area contributed by atoms with Gasteiger partial charge in [-0.1, -0.05) is 49.4 Å². The lowest BCUT2D eigenvalue weighted by atomic mass is 9.95. The minimum Gasteiger partial charge on any atom is -0.477 e. The first-order valence-electron chi connectivity index (χ1n) is 11.1. The number of thiophene rings is 1. The van der Waals surface area contributed by atoms with Gasteiger partial charge in [0.15, 0.2) is 0 Å². The van der Waals surface area contributed by atoms with Crippen molar-refractivity contribution in [2.75, 3.05) is 6.54 Å². The SMILES string of the molecule is C[C@@H](CCc1ccccc1)[C@@H](O)C=CC1CC(F)(F)C(=O)N1CCCc1ccc(C(=O)O)s1. The maximum absolute atomic E-state index is 14.1. The molecule has 0 bridgehead atoms. The van der Waals surface area contributed by atoms with Gasteiger partial charge in [-0.05, 0) is 49.3 Å². The van der Waals surface area contributed by atoms with E-state index in [9.17, 15) is 23.5 Å². The molecular formula is C25H29F2NO4S. The largest absolute Gasteiger partial charge is 0.477 e. The molecule has 1 saturated heterocycles. The summed E-state index contributed by atoms with van der Waals surface area (Å²) < 4.78 is 28.2. The Morgan fingerprint density at radius 2 is 1.97 bits per heavy atom. The third-order valence-corrected chi connectivity index (χ3v) is 7.11. The van der Waals surface area contributed by atoms with Crippen LogP contribution in [0.4, 0.5) is 8.78 Å². The lowest BCUT2D eigenvalue weighted by Crippen LogP contribution is -2.36. The molecule has 1 aromatic carbocycles. The monoisotopic (exact) mass is 477 g/mol. The van der Waals surface area contributed by atoms with Crippen molar-refractivity contribution in [2.24, 2.45) is 5.92 Å². The van der Waals surface area contributed by atoms with Crippen molar-refractivity contribution in [3.05, 3.63) is 69.9 Å². The second-order valence-corrected chi connectivity index (χ2v) is 9.69. The first-order chi connectivity index (χ1) is 15.7. The fraction of sp³-hybridized carbons (Fsp3) is 0.440. The summed E-state index contributed by atoms with van der Waals surface area (Å²) in [4.78, 5) is 25.4. The van der Waals surface area contributed by atoms with Crippen molar-refractivity contribution in [3.63, 3.8) is 0 Å². The zero-order valence-electron chi connectivity index (χ0n) is 18.5. The van der Waals surface area contributed by atoms with Crippen LogP contribution in [0.2, 0.25) is 0 Å². The number of hydrogen-bond acceptors (Lipinski definition) is 4. The van der Waals surface area contributed by atoms with Gasteiger partial charge in [0.05, 0.1) is 12.1 Å². The van der Waals surface area contributed by atoms with Crippen molar-refractivity contribution < 1.29 is 28.6 Å². The first-order valence-corrected chi connectivity index (χ1v) is 11.9. The van der Waals surface area contributed by atoms with Crippen molar-refractivity contribution >= 4 is 23.2 Å². The molecule has 0 radical (unpaired) electrons. The number of rotatable bonds is 11. The number of nitrogens with zero attached hydrogens (tertiary/aromatic N) is 1. The maximum atomic E-state index is 14.1. The molecule has 2 heterocycles. The molecule has 178 valence electrons. The maximum Gasteiger partial charge on any atom is 0.345 e. The van der Waals surface area contributed by atoms with E-state index in [-0.39, 0.29) is 17.3 Å². The number of halogens is 2. The van der Waals surface area contributed by atoms with Crippen LogP contribution in [0.5, 0.6) is 0 Å². The Kier molecular flexibility index (Phi) is 8.37. The molecule has 0 saturated carbocycles. The van der Waals surface area contributed by atoms with Crippen LogP contribution < -0.4 is 0 Å². The molecule has 3 atom stereocenters. The Bertz CT molecular complexity index is 976. The molecule has 2 N–H and O–H groups in total. The molecule has 33 heavy (non-hydrogen) atoms. The van der Waals surface area contributed by atoms with E-state index in [0.29, 0.717) is 12.8 Å². The number of amides is 1. The summed E-state index contributed by atoms with van der Waals surface area (Å²) >= 11 is 1.15. The summed E-state index contributed by atoms with van der Waals surface area (Å²) in [5.41, 5.74) is 1.17. The molecule has 1 unspecified atom stereocenters. The number of alkyl halides is 2. The zero-order valence-corrected chi connectivity index (χ0v) is 19.3. The van der Waals surface area contributed by atoms with Gasteiger partial charge in [-0.2, -0.15) is 8.78 Å². The number of benzene rings is 1. The number of aliphatic hydroxyl groups is 1. The number of likely N-dealkylation sites (tertiary alicyclic amines) is 1. The van der Waals surface area contributed by atoms with Crippen molar-refractivity contribution in [1.82, 2.24) is 4.90 Å². The molecule has 3 rings (SSSR count). The van der Waals surface area contributed by atoms with E-state index in [0.717, 1.165) is 29.1 Å². The molecular weight excluding hydrogens is 448 g/mol. The molecule has 1 amide bonds. The van der Waals surface area contributed by atoms with Crippen LogP contribution in [0.15, 0.2) is 54.6 Å². The number of carbonyl (C=O) groups excluding carboxylic acids is 1. The lowest BCUT2D eigenvalue weighted by molar-refractivity contribution is -0.148. The van der Waals surface area contributed by atoms with Crippen molar-refractivity contribution in [2.45, 2.75) is 57.1 Å². The summed E-state index contributed by atoms with van der Waals surface area (Å²) in [5.74, 6) is -5.67. The van der Waals surface area contributed by atoms with Crippen LogP contribution in [-0.4, -0.2) is 51.6 Å². The number of carboxylic acids is 1. The zero-order chi connectivity index (χ0) is 24.0. The highest BCUT2D eigenvalue weighted by molar-refractivity contribution is 7.13. The summed E-state index contributed by atoms with van der Waals surface area (Å²) in [5, 5.41) is 19.5. The van der Waals surface area contributed by atoms with Gasteiger partial charge >= 0.3 is 11.9 Å². The molecule has 2 aromatic rings. The second-order valence-electron chi connectivity index (χ2n) is 8.53. The van der Waals surface area contributed by atoms with Crippen molar-refractivity contribution in [3.8, 4) is 0 Å². The lowest BCUT2D eigenvalue weighted by Gasteiger charge is -2.22. The fourth-order valence-corrected chi connectivity index (χ4v) is 4.84. The normalized spacial score (nSPS) is 19.8. The van der Waals surface area contributed by atoms with E-state index in [1.54, 1.807) is 6.07 Å². The van der Waals surface area contributed by atoms with Gasteiger partial charge in [-0.15, -0.1) is 11.3 Å². The van der Waals surface area contributed by atoms with Crippen LogP contribution >= 0.6 is 11.3 Å². The Labute approximate surface area is 196 Å². The van der Waals surface area contributed by atoms with Gasteiger partial charge in [-0.3, -0.25) is 4.79 Å². The average molecular weight is 478 g/mol. The highest BCUT2D eigenvalue weighted by Gasteiger charge is 2.52. The molecule has 1 aromatic heterocycles. The quantitative estimate of drug-likeness (QED) is 0.456. The molecule has 0 aliphatic carbocycles. The molecule has 1 aliphatic rings. The smallest absolute Gasteiger partial charge is 0.345 e. The van der Waals surface area contributed by atoms with Gasteiger partial charge in [0, 0.05) is 17.8 Å². The highest BCUT2D eigenvalue weighted by atomic mass is 32.1. The molecule has 0 spiro atoms. The first kappa shape index (κ1) is 25.1. The minimum atomic E-state index is -3.42. The number of aromatic carboxylic acids is 1. The Morgan fingerprint density at radius 1 is 1.24 bits per heavy atom. The number of aryl methyl sites for hydroxylation is 2. The topological polar surface area (TPSA) is 77.8 Å². The predicted octanol–water partition coefficient (Wildman–Crippen LogP) is 4.80. The van der Waals surface area contributed by atoms with E-state index in [2.05, 4.69) is 0 Å². The number of hydrogen-bond donors (Lipinski definition) is 2. The second kappa shape index (κ2) is 11.0. The fourth-order valence-electron chi connectivity index (χ4n) is 3.95. The van der Waals surface area contributed by atoms with Gasteiger partial charge in [0.25, 0.3) is 5.91 Å². The van der Waals surface area contributed by atoms with E-state index < -0.39 is 36.4 Å². The van der Waals surface area contributed by atoms with Gasteiger partial charge in [0.2, 0.25) is 0 Å².